The van der Waals surface area contributed by atoms with Crippen LogP contribution in [0.3, 0.4) is 0 Å². The number of amides is 1. The van der Waals surface area contributed by atoms with Crippen molar-refractivity contribution in [3.05, 3.63) is 47.8 Å². The quantitative estimate of drug-likeness (QED) is 0.920. The van der Waals surface area contributed by atoms with Crippen LogP contribution in [0.1, 0.15) is 47.5 Å². The first-order valence-electron chi connectivity index (χ1n) is 9.36. The average molecular weight is 352 g/mol. The summed E-state index contributed by atoms with van der Waals surface area (Å²) in [5.74, 6) is 1.42. The third-order valence-corrected chi connectivity index (χ3v) is 5.40. The maximum Gasteiger partial charge on any atom is 0.256 e. The van der Waals surface area contributed by atoms with Gasteiger partial charge in [-0.3, -0.25) is 4.79 Å². The molecule has 1 aromatic carbocycles. The predicted octanol–water partition coefficient (Wildman–Crippen LogP) is 2.80. The van der Waals surface area contributed by atoms with Crippen LogP contribution in [0.5, 0.6) is 5.75 Å². The number of carbonyl (C=O) groups excluding carboxylic acids is 1. The lowest BCUT2D eigenvalue weighted by atomic mass is 9.89. The number of aromatic nitrogens is 2. The predicted molar refractivity (Wildman–Crippen MR) is 99.5 cm³/mol. The van der Waals surface area contributed by atoms with E-state index >= 15 is 0 Å². The molecule has 1 amide bonds. The largest absolute Gasteiger partial charge is 0.508 e. The van der Waals surface area contributed by atoms with Crippen molar-refractivity contribution in [2.24, 2.45) is 0 Å². The van der Waals surface area contributed by atoms with E-state index in [1.54, 1.807) is 18.5 Å². The van der Waals surface area contributed by atoms with E-state index in [9.17, 15) is 9.90 Å². The highest BCUT2D eigenvalue weighted by molar-refractivity contribution is 5.93. The highest BCUT2D eigenvalue weighted by Crippen LogP contribution is 2.30. The standard InChI is InChI=1S/C20H24N4O2/c25-18-5-3-4-16(12-18)15-6-10-23(11-7-15)19(26)17-13-21-20(22-14-17)24-8-1-2-9-24/h3-5,12-15,25H,1-2,6-11H2. The molecule has 26 heavy (non-hydrogen) atoms. The summed E-state index contributed by atoms with van der Waals surface area (Å²) in [4.78, 5) is 25.5. The van der Waals surface area contributed by atoms with Crippen LogP contribution in [0.4, 0.5) is 5.95 Å². The van der Waals surface area contributed by atoms with Crippen LogP contribution in [0.15, 0.2) is 36.7 Å². The first kappa shape index (κ1) is 16.8. The Morgan fingerprint density at radius 2 is 1.73 bits per heavy atom. The van der Waals surface area contributed by atoms with Crippen molar-refractivity contribution in [3.63, 3.8) is 0 Å². The molecule has 136 valence electrons. The van der Waals surface area contributed by atoms with E-state index in [4.69, 9.17) is 0 Å². The number of benzene rings is 1. The molecule has 2 fully saturated rings. The van der Waals surface area contributed by atoms with Gasteiger partial charge in [0.25, 0.3) is 5.91 Å². The molecule has 2 saturated heterocycles. The second-order valence-corrected chi connectivity index (χ2v) is 7.13. The van der Waals surface area contributed by atoms with Crippen LogP contribution in [0.2, 0.25) is 0 Å². The van der Waals surface area contributed by atoms with Gasteiger partial charge in [-0.05, 0) is 49.3 Å². The molecule has 0 bridgehead atoms. The van der Waals surface area contributed by atoms with Gasteiger partial charge < -0.3 is 14.9 Å². The van der Waals surface area contributed by atoms with Gasteiger partial charge in [0, 0.05) is 38.6 Å². The molecule has 0 spiro atoms. The number of carbonyl (C=O) groups is 1. The second kappa shape index (κ2) is 7.32. The molecule has 6 nitrogen and oxygen atoms in total. The summed E-state index contributed by atoms with van der Waals surface area (Å²) in [5.41, 5.74) is 1.71. The van der Waals surface area contributed by atoms with E-state index in [-0.39, 0.29) is 5.91 Å². The van der Waals surface area contributed by atoms with Gasteiger partial charge in [0.2, 0.25) is 5.95 Å². The van der Waals surface area contributed by atoms with Gasteiger partial charge in [-0.2, -0.15) is 0 Å². The van der Waals surface area contributed by atoms with E-state index in [1.807, 2.05) is 23.1 Å². The molecule has 0 atom stereocenters. The van der Waals surface area contributed by atoms with Gasteiger partial charge in [0.1, 0.15) is 5.75 Å². The van der Waals surface area contributed by atoms with Crippen molar-refractivity contribution in [1.82, 2.24) is 14.9 Å². The lowest BCUT2D eigenvalue weighted by Gasteiger charge is -2.32. The fourth-order valence-electron chi connectivity index (χ4n) is 3.89. The maximum absolute atomic E-state index is 12.7. The topological polar surface area (TPSA) is 69.6 Å². The fraction of sp³-hybridized carbons (Fsp3) is 0.450. The van der Waals surface area contributed by atoms with Crippen LogP contribution in [-0.2, 0) is 0 Å². The van der Waals surface area contributed by atoms with E-state index in [1.165, 1.54) is 12.8 Å². The second-order valence-electron chi connectivity index (χ2n) is 7.13. The van der Waals surface area contributed by atoms with E-state index in [0.29, 0.717) is 30.3 Å². The molecule has 0 unspecified atom stereocenters. The van der Waals surface area contributed by atoms with Crippen molar-refractivity contribution in [3.8, 4) is 5.75 Å². The van der Waals surface area contributed by atoms with Gasteiger partial charge in [-0.15, -0.1) is 0 Å². The zero-order chi connectivity index (χ0) is 17.9. The summed E-state index contributed by atoms with van der Waals surface area (Å²) in [6, 6.07) is 7.44. The Labute approximate surface area is 153 Å². The van der Waals surface area contributed by atoms with Gasteiger partial charge in [-0.1, -0.05) is 12.1 Å². The summed E-state index contributed by atoms with van der Waals surface area (Å²) < 4.78 is 0. The third-order valence-electron chi connectivity index (χ3n) is 5.40. The number of hydrogen-bond donors (Lipinski definition) is 1. The van der Waals surface area contributed by atoms with Gasteiger partial charge in [-0.25, -0.2) is 9.97 Å². The molecule has 2 aliphatic rings. The Hall–Kier alpha value is -2.63. The van der Waals surface area contributed by atoms with Crippen LogP contribution in [0, 0.1) is 0 Å². The minimum atomic E-state index is 0.00679. The van der Waals surface area contributed by atoms with Crippen LogP contribution < -0.4 is 4.90 Å². The summed E-state index contributed by atoms with van der Waals surface area (Å²) >= 11 is 0. The number of phenolic OH excluding ortho intramolecular Hbond substituents is 1. The molecule has 3 heterocycles. The molecule has 4 rings (SSSR count). The number of piperidine rings is 1. The molecule has 1 N–H and O–H groups in total. The summed E-state index contributed by atoms with van der Waals surface area (Å²) in [6.07, 6.45) is 7.48. The van der Waals surface area contributed by atoms with Crippen LogP contribution >= 0.6 is 0 Å². The van der Waals surface area contributed by atoms with E-state index in [2.05, 4.69) is 14.9 Å². The number of hydrogen-bond acceptors (Lipinski definition) is 5. The number of phenols is 1. The van der Waals surface area contributed by atoms with Gasteiger partial charge in [0.15, 0.2) is 0 Å². The van der Waals surface area contributed by atoms with Gasteiger partial charge in [0.05, 0.1) is 5.56 Å². The summed E-state index contributed by atoms with van der Waals surface area (Å²) in [6.45, 7) is 3.42. The Morgan fingerprint density at radius 3 is 2.38 bits per heavy atom. The Bertz CT molecular complexity index is 764. The molecule has 0 aliphatic carbocycles. The van der Waals surface area contributed by atoms with Crippen molar-refractivity contribution in [2.75, 3.05) is 31.1 Å². The monoisotopic (exact) mass is 352 g/mol. The smallest absolute Gasteiger partial charge is 0.256 e. The zero-order valence-electron chi connectivity index (χ0n) is 14.8. The summed E-state index contributed by atoms with van der Waals surface area (Å²) in [7, 11) is 0. The molecule has 2 aliphatic heterocycles. The number of anilines is 1. The minimum Gasteiger partial charge on any atom is -0.508 e. The Kier molecular flexibility index (Phi) is 4.73. The Morgan fingerprint density at radius 1 is 1.04 bits per heavy atom. The zero-order valence-corrected chi connectivity index (χ0v) is 14.8. The van der Waals surface area contributed by atoms with E-state index in [0.717, 1.165) is 37.4 Å². The van der Waals surface area contributed by atoms with Crippen LogP contribution in [0.25, 0.3) is 0 Å². The first-order chi connectivity index (χ1) is 12.7. The summed E-state index contributed by atoms with van der Waals surface area (Å²) in [5, 5.41) is 9.65. The maximum atomic E-state index is 12.7. The molecule has 1 aromatic heterocycles. The molecule has 6 heteroatoms. The SMILES string of the molecule is O=C(c1cnc(N2CCCC2)nc1)N1CCC(c2cccc(O)c2)CC1. The van der Waals surface area contributed by atoms with Crippen molar-refractivity contribution < 1.29 is 9.90 Å². The number of aromatic hydroxyl groups is 1. The number of likely N-dealkylation sites (tertiary alicyclic amines) is 1. The Balaban J connectivity index is 1.37. The van der Waals surface area contributed by atoms with Gasteiger partial charge >= 0.3 is 0 Å². The minimum absolute atomic E-state index is 0.00679. The molecular formula is C20H24N4O2. The molecule has 2 aromatic rings. The first-order valence-corrected chi connectivity index (χ1v) is 9.36. The average Bonchev–Trinajstić information content (AvgIpc) is 3.23. The molecular weight excluding hydrogens is 328 g/mol. The highest BCUT2D eigenvalue weighted by Gasteiger charge is 2.25. The van der Waals surface area contributed by atoms with Crippen molar-refractivity contribution in [2.45, 2.75) is 31.6 Å². The lowest BCUT2D eigenvalue weighted by molar-refractivity contribution is 0.0712. The molecule has 0 saturated carbocycles. The normalized spacial score (nSPS) is 18.3. The third kappa shape index (κ3) is 3.49. The van der Waals surface area contributed by atoms with Crippen molar-refractivity contribution in [1.29, 1.82) is 0 Å². The number of nitrogens with zero attached hydrogens (tertiary/aromatic N) is 4. The van der Waals surface area contributed by atoms with E-state index < -0.39 is 0 Å². The highest BCUT2D eigenvalue weighted by atomic mass is 16.3. The number of rotatable bonds is 3. The van der Waals surface area contributed by atoms with Crippen molar-refractivity contribution >= 4 is 11.9 Å². The van der Waals surface area contributed by atoms with Crippen LogP contribution in [-0.4, -0.2) is 52.1 Å². The lowest BCUT2D eigenvalue weighted by Crippen LogP contribution is -2.38. The fourth-order valence-corrected chi connectivity index (χ4v) is 3.89. The molecule has 0 radical (unpaired) electrons.